The van der Waals surface area contributed by atoms with Gasteiger partial charge in [-0.1, -0.05) is 19.1 Å². The van der Waals surface area contributed by atoms with Crippen LogP contribution in [0.2, 0.25) is 0 Å². The molecule has 0 saturated carbocycles. The van der Waals surface area contributed by atoms with Crippen LogP contribution >= 0.6 is 0 Å². The van der Waals surface area contributed by atoms with Crippen molar-refractivity contribution in [1.29, 1.82) is 0 Å². The monoisotopic (exact) mass is 284 g/mol. The third-order valence-corrected chi connectivity index (χ3v) is 4.37. The van der Waals surface area contributed by atoms with Crippen LogP contribution in [0.1, 0.15) is 23.8 Å². The first-order valence-corrected chi connectivity index (χ1v) is 7.40. The summed E-state index contributed by atoms with van der Waals surface area (Å²) in [5.41, 5.74) is 7.78. The number of aromatic nitrogens is 2. The molecule has 1 aromatic carbocycles. The lowest BCUT2D eigenvalue weighted by molar-refractivity contribution is 0.0612. The average Bonchev–Trinajstić information content (AvgIpc) is 2.54. The number of nitrogens with two attached hydrogens (primary N) is 1. The van der Waals surface area contributed by atoms with E-state index in [-0.39, 0.29) is 5.91 Å². The fourth-order valence-corrected chi connectivity index (χ4v) is 2.86. The fraction of sp³-hybridized carbons (Fsp3) is 0.438. The van der Waals surface area contributed by atoms with Gasteiger partial charge in [0.2, 0.25) is 0 Å². The number of hydrogen-bond donors (Lipinski definition) is 1. The highest BCUT2D eigenvalue weighted by molar-refractivity contribution is 5.93. The van der Waals surface area contributed by atoms with Crippen LogP contribution < -0.4 is 5.73 Å². The molecular weight excluding hydrogens is 264 g/mol. The normalized spacial score (nSPS) is 22.5. The van der Waals surface area contributed by atoms with Crippen LogP contribution in [-0.2, 0) is 0 Å². The Morgan fingerprint density at radius 1 is 1.38 bits per heavy atom. The van der Waals surface area contributed by atoms with E-state index in [1.165, 1.54) is 0 Å². The van der Waals surface area contributed by atoms with Crippen molar-refractivity contribution in [3.8, 4) is 0 Å². The van der Waals surface area contributed by atoms with E-state index in [2.05, 4.69) is 16.9 Å². The summed E-state index contributed by atoms with van der Waals surface area (Å²) in [7, 11) is 0. The van der Waals surface area contributed by atoms with Gasteiger partial charge in [-0.2, -0.15) is 0 Å². The zero-order valence-corrected chi connectivity index (χ0v) is 12.2. The maximum absolute atomic E-state index is 12.6. The van der Waals surface area contributed by atoms with Gasteiger partial charge in [0.15, 0.2) is 0 Å². The highest BCUT2D eigenvalue weighted by Gasteiger charge is 2.29. The molecule has 2 heterocycles. The summed E-state index contributed by atoms with van der Waals surface area (Å²) in [4.78, 5) is 23.2. The Morgan fingerprint density at radius 3 is 2.90 bits per heavy atom. The summed E-state index contributed by atoms with van der Waals surface area (Å²) in [6.07, 6.45) is 2.56. The summed E-state index contributed by atoms with van der Waals surface area (Å²) >= 11 is 0. The number of para-hydroxylation sites is 2. The van der Waals surface area contributed by atoms with Crippen molar-refractivity contribution in [2.45, 2.75) is 13.3 Å². The lowest BCUT2D eigenvalue weighted by atomic mass is 9.87. The first kappa shape index (κ1) is 13.9. The van der Waals surface area contributed by atoms with Gasteiger partial charge >= 0.3 is 0 Å². The number of carbonyl (C=O) groups is 1. The zero-order chi connectivity index (χ0) is 14.8. The van der Waals surface area contributed by atoms with Crippen molar-refractivity contribution in [2.75, 3.05) is 19.6 Å². The van der Waals surface area contributed by atoms with Gasteiger partial charge in [0, 0.05) is 13.1 Å². The molecule has 0 aliphatic carbocycles. The number of amides is 1. The van der Waals surface area contributed by atoms with Crippen molar-refractivity contribution in [3.05, 3.63) is 36.2 Å². The molecule has 1 aliphatic heterocycles. The van der Waals surface area contributed by atoms with Gasteiger partial charge < -0.3 is 10.6 Å². The molecule has 2 unspecified atom stereocenters. The zero-order valence-electron chi connectivity index (χ0n) is 12.2. The van der Waals surface area contributed by atoms with Gasteiger partial charge in [-0.05, 0) is 36.9 Å². The van der Waals surface area contributed by atoms with Crippen LogP contribution in [0.3, 0.4) is 0 Å². The molecule has 21 heavy (non-hydrogen) atoms. The van der Waals surface area contributed by atoms with Crippen LogP contribution in [0.5, 0.6) is 0 Å². The number of nitrogens with zero attached hydrogens (tertiary/aromatic N) is 3. The highest BCUT2D eigenvalue weighted by atomic mass is 16.2. The molecule has 2 aromatic rings. The van der Waals surface area contributed by atoms with E-state index in [0.717, 1.165) is 24.0 Å². The fourth-order valence-electron chi connectivity index (χ4n) is 2.86. The Bertz CT molecular complexity index is 658. The predicted octanol–water partition coefficient (Wildman–Crippen LogP) is 1.69. The number of benzene rings is 1. The maximum atomic E-state index is 12.6. The first-order valence-electron chi connectivity index (χ1n) is 7.40. The second-order valence-electron chi connectivity index (χ2n) is 5.76. The number of carbonyl (C=O) groups excluding carboxylic acids is 1. The van der Waals surface area contributed by atoms with Crippen LogP contribution in [0.15, 0.2) is 30.5 Å². The smallest absolute Gasteiger partial charge is 0.274 e. The molecule has 1 saturated heterocycles. The average molecular weight is 284 g/mol. The molecule has 5 nitrogen and oxygen atoms in total. The Morgan fingerprint density at radius 2 is 2.14 bits per heavy atom. The van der Waals surface area contributed by atoms with Crippen molar-refractivity contribution >= 4 is 16.9 Å². The molecule has 0 spiro atoms. The Kier molecular flexibility index (Phi) is 3.84. The molecule has 1 aliphatic rings. The van der Waals surface area contributed by atoms with E-state index >= 15 is 0 Å². The van der Waals surface area contributed by atoms with E-state index in [0.29, 0.717) is 30.6 Å². The Hall–Kier alpha value is -2.01. The second-order valence-corrected chi connectivity index (χ2v) is 5.76. The number of likely N-dealkylation sites (tertiary alicyclic amines) is 1. The molecule has 2 atom stereocenters. The van der Waals surface area contributed by atoms with E-state index in [4.69, 9.17) is 5.73 Å². The maximum Gasteiger partial charge on any atom is 0.274 e. The van der Waals surface area contributed by atoms with Crippen molar-refractivity contribution in [2.24, 2.45) is 17.6 Å². The summed E-state index contributed by atoms with van der Waals surface area (Å²) in [5, 5.41) is 0. The minimum Gasteiger partial charge on any atom is -0.337 e. The molecule has 5 heteroatoms. The van der Waals surface area contributed by atoms with E-state index in [1.807, 2.05) is 29.2 Å². The summed E-state index contributed by atoms with van der Waals surface area (Å²) in [5.74, 6) is 0.899. The van der Waals surface area contributed by atoms with Gasteiger partial charge in [-0.15, -0.1) is 0 Å². The summed E-state index contributed by atoms with van der Waals surface area (Å²) < 4.78 is 0. The second kappa shape index (κ2) is 5.77. The number of hydrogen-bond acceptors (Lipinski definition) is 4. The van der Waals surface area contributed by atoms with E-state index in [9.17, 15) is 4.79 Å². The standard InChI is InChI=1S/C16H20N4O/c1-11-6-7-20(10-12(11)8-17)16(21)15-9-18-13-4-2-3-5-14(13)19-15/h2-5,9,11-12H,6-8,10,17H2,1H3. The SMILES string of the molecule is CC1CCN(C(=O)c2cnc3ccccc3n2)CC1CN. The molecule has 3 rings (SSSR count). The van der Waals surface area contributed by atoms with Gasteiger partial charge in [0.25, 0.3) is 5.91 Å². The molecular formula is C16H20N4O. The minimum absolute atomic E-state index is 0.0430. The van der Waals surface area contributed by atoms with Crippen LogP contribution in [0.25, 0.3) is 11.0 Å². The molecule has 1 fully saturated rings. The highest BCUT2D eigenvalue weighted by Crippen LogP contribution is 2.23. The lowest BCUT2D eigenvalue weighted by Crippen LogP contribution is -2.45. The first-order chi connectivity index (χ1) is 10.2. The van der Waals surface area contributed by atoms with Crippen LogP contribution in [0.4, 0.5) is 0 Å². The van der Waals surface area contributed by atoms with E-state index in [1.54, 1.807) is 6.20 Å². The summed E-state index contributed by atoms with van der Waals surface area (Å²) in [6, 6.07) is 7.58. The van der Waals surface area contributed by atoms with Crippen molar-refractivity contribution in [1.82, 2.24) is 14.9 Å². The molecule has 1 amide bonds. The quantitative estimate of drug-likeness (QED) is 0.911. The van der Waals surface area contributed by atoms with Gasteiger partial charge in [-0.25, -0.2) is 4.98 Å². The van der Waals surface area contributed by atoms with Crippen LogP contribution in [-0.4, -0.2) is 40.4 Å². The number of piperidine rings is 1. The number of rotatable bonds is 2. The Labute approximate surface area is 124 Å². The van der Waals surface area contributed by atoms with Crippen molar-refractivity contribution < 1.29 is 4.79 Å². The molecule has 2 N–H and O–H groups in total. The third kappa shape index (κ3) is 2.74. The third-order valence-electron chi connectivity index (χ3n) is 4.37. The minimum atomic E-state index is -0.0430. The molecule has 0 bridgehead atoms. The van der Waals surface area contributed by atoms with E-state index < -0.39 is 0 Å². The largest absolute Gasteiger partial charge is 0.337 e. The molecule has 1 aromatic heterocycles. The molecule has 0 radical (unpaired) electrons. The topological polar surface area (TPSA) is 72.1 Å². The predicted molar refractivity (Wildman–Crippen MR) is 81.8 cm³/mol. The molecule has 110 valence electrons. The van der Waals surface area contributed by atoms with Crippen LogP contribution in [0, 0.1) is 11.8 Å². The number of fused-ring (bicyclic) bond motifs is 1. The summed E-state index contributed by atoms with van der Waals surface area (Å²) in [6.45, 7) is 4.31. The lowest BCUT2D eigenvalue weighted by Gasteiger charge is -2.36. The van der Waals surface area contributed by atoms with Crippen molar-refractivity contribution in [3.63, 3.8) is 0 Å². The van der Waals surface area contributed by atoms with Gasteiger partial charge in [0.05, 0.1) is 17.2 Å². The van der Waals surface area contributed by atoms with Gasteiger partial charge in [0.1, 0.15) is 5.69 Å². The Balaban J connectivity index is 1.83. The van der Waals surface area contributed by atoms with Gasteiger partial charge in [-0.3, -0.25) is 9.78 Å².